The molecule has 0 radical (unpaired) electrons. The second-order valence-electron chi connectivity index (χ2n) is 6.32. The quantitative estimate of drug-likeness (QED) is 0.895. The van der Waals surface area contributed by atoms with Gasteiger partial charge in [-0.15, -0.1) is 0 Å². The lowest BCUT2D eigenvalue weighted by Gasteiger charge is -2.39. The van der Waals surface area contributed by atoms with Crippen LogP contribution in [0, 0.1) is 5.41 Å². The Labute approximate surface area is 110 Å². The average Bonchev–Trinajstić information content (AvgIpc) is 2.75. The van der Waals surface area contributed by atoms with Gasteiger partial charge in [0.2, 0.25) is 0 Å². The maximum absolute atomic E-state index is 10.3. The Kier molecular flexibility index (Phi) is 3.81. The van der Waals surface area contributed by atoms with Gasteiger partial charge >= 0.3 is 0 Å². The van der Waals surface area contributed by atoms with Crippen LogP contribution in [0.5, 0.6) is 0 Å². The fraction of sp³-hybridized carbons (Fsp3) is 0.800. The van der Waals surface area contributed by atoms with Gasteiger partial charge < -0.3 is 5.11 Å². The molecule has 1 aliphatic carbocycles. The van der Waals surface area contributed by atoms with Crippen LogP contribution >= 0.6 is 0 Å². The summed E-state index contributed by atoms with van der Waals surface area (Å²) in [7, 11) is 0. The third-order valence-electron chi connectivity index (χ3n) is 4.23. The van der Waals surface area contributed by atoms with Crippen LogP contribution in [0.15, 0.2) is 6.07 Å². The summed E-state index contributed by atoms with van der Waals surface area (Å²) in [5.41, 5.74) is 2.71. The van der Waals surface area contributed by atoms with Gasteiger partial charge in [0.05, 0.1) is 17.8 Å². The average molecular weight is 250 g/mol. The predicted octanol–water partition coefficient (Wildman–Crippen LogP) is 3.12. The zero-order chi connectivity index (χ0) is 13.3. The largest absolute Gasteiger partial charge is 0.391 e. The molecule has 1 aromatic rings. The highest BCUT2D eigenvalue weighted by Gasteiger charge is 2.36. The minimum absolute atomic E-state index is 0.156. The van der Waals surface area contributed by atoms with Crippen LogP contribution in [0.3, 0.4) is 0 Å². The molecular formula is C15H26N2O. The van der Waals surface area contributed by atoms with Crippen molar-refractivity contribution in [3.63, 3.8) is 0 Å². The summed E-state index contributed by atoms with van der Waals surface area (Å²) in [4.78, 5) is 0. The van der Waals surface area contributed by atoms with E-state index in [9.17, 15) is 5.11 Å². The van der Waals surface area contributed by atoms with Gasteiger partial charge in [-0.1, -0.05) is 27.7 Å². The lowest BCUT2D eigenvalue weighted by atomic mass is 9.74. The summed E-state index contributed by atoms with van der Waals surface area (Å²) in [6.45, 7) is 8.88. The summed E-state index contributed by atoms with van der Waals surface area (Å²) < 4.78 is 2.10. The third kappa shape index (κ3) is 2.61. The molecule has 18 heavy (non-hydrogen) atoms. The molecule has 3 heteroatoms. The molecule has 0 spiro atoms. The van der Waals surface area contributed by atoms with E-state index >= 15 is 0 Å². The molecule has 3 nitrogen and oxygen atoms in total. The lowest BCUT2D eigenvalue weighted by molar-refractivity contribution is 0.0214. The van der Waals surface area contributed by atoms with Crippen molar-refractivity contribution in [2.45, 2.75) is 71.9 Å². The molecule has 102 valence electrons. The van der Waals surface area contributed by atoms with Crippen molar-refractivity contribution in [3.8, 4) is 0 Å². The molecule has 1 aliphatic rings. The van der Waals surface area contributed by atoms with Gasteiger partial charge in [-0.2, -0.15) is 5.10 Å². The highest BCUT2D eigenvalue weighted by atomic mass is 16.3. The Morgan fingerprint density at radius 3 is 2.72 bits per heavy atom. The normalized spacial score (nSPS) is 27.4. The van der Waals surface area contributed by atoms with Gasteiger partial charge in [-0.05, 0) is 43.6 Å². The zero-order valence-electron chi connectivity index (χ0n) is 12.1. The molecule has 1 heterocycles. The molecule has 2 unspecified atom stereocenters. The van der Waals surface area contributed by atoms with E-state index in [4.69, 9.17) is 5.10 Å². The van der Waals surface area contributed by atoms with Gasteiger partial charge in [0.15, 0.2) is 0 Å². The topological polar surface area (TPSA) is 38.0 Å². The van der Waals surface area contributed by atoms with E-state index in [0.717, 1.165) is 37.8 Å². The first kappa shape index (κ1) is 13.6. The second kappa shape index (κ2) is 5.04. The van der Waals surface area contributed by atoms with Crippen molar-refractivity contribution in [2.75, 3.05) is 0 Å². The minimum atomic E-state index is -0.243. The molecular weight excluding hydrogens is 224 g/mol. The first-order chi connectivity index (χ1) is 8.46. The predicted molar refractivity (Wildman–Crippen MR) is 73.7 cm³/mol. The van der Waals surface area contributed by atoms with E-state index in [1.165, 1.54) is 5.69 Å². The Bertz CT molecular complexity index is 409. The monoisotopic (exact) mass is 250 g/mol. The van der Waals surface area contributed by atoms with E-state index in [0.29, 0.717) is 5.41 Å². The Morgan fingerprint density at radius 1 is 1.39 bits per heavy atom. The summed E-state index contributed by atoms with van der Waals surface area (Å²) in [5.74, 6) is 0. The fourth-order valence-corrected chi connectivity index (χ4v) is 3.00. The van der Waals surface area contributed by atoms with Crippen molar-refractivity contribution < 1.29 is 5.11 Å². The number of aliphatic hydroxyl groups excluding tert-OH is 1. The fourth-order valence-electron chi connectivity index (χ4n) is 3.00. The zero-order valence-corrected chi connectivity index (χ0v) is 12.1. The Balaban J connectivity index is 2.31. The van der Waals surface area contributed by atoms with E-state index in [1.54, 1.807) is 0 Å². The van der Waals surface area contributed by atoms with Crippen LogP contribution in [0.1, 0.15) is 64.4 Å². The Hall–Kier alpha value is -0.830. The first-order valence-electron chi connectivity index (χ1n) is 7.22. The number of hydrogen-bond acceptors (Lipinski definition) is 2. The van der Waals surface area contributed by atoms with Crippen molar-refractivity contribution >= 4 is 0 Å². The summed E-state index contributed by atoms with van der Waals surface area (Å²) >= 11 is 0. The van der Waals surface area contributed by atoms with Crippen LogP contribution < -0.4 is 0 Å². The second-order valence-corrected chi connectivity index (χ2v) is 6.32. The molecule has 0 amide bonds. The molecule has 0 aliphatic heterocycles. The molecule has 1 saturated carbocycles. The summed E-state index contributed by atoms with van der Waals surface area (Å²) in [5, 5.41) is 15.0. The number of hydrogen-bond donors (Lipinski definition) is 1. The van der Waals surface area contributed by atoms with Gasteiger partial charge in [-0.25, -0.2) is 0 Å². The number of aromatic nitrogens is 2. The van der Waals surface area contributed by atoms with E-state index in [-0.39, 0.29) is 12.1 Å². The van der Waals surface area contributed by atoms with Crippen LogP contribution in [-0.4, -0.2) is 21.0 Å². The highest BCUT2D eigenvalue weighted by molar-refractivity contribution is 5.12. The number of aliphatic hydroxyl groups is 1. The van der Waals surface area contributed by atoms with E-state index in [2.05, 4.69) is 38.4 Å². The molecule has 2 atom stereocenters. The summed E-state index contributed by atoms with van der Waals surface area (Å²) in [6.07, 6.45) is 4.72. The van der Waals surface area contributed by atoms with Gasteiger partial charge in [0.1, 0.15) is 0 Å². The van der Waals surface area contributed by atoms with Crippen LogP contribution in [0.2, 0.25) is 0 Å². The number of nitrogens with zero attached hydrogens (tertiary/aromatic N) is 2. The summed E-state index contributed by atoms with van der Waals surface area (Å²) in [6, 6.07) is 2.35. The SMILES string of the molecule is CCc1cc(CC)n(C2CC(C)(C)CCC2O)n1. The van der Waals surface area contributed by atoms with E-state index in [1.807, 2.05) is 0 Å². The number of rotatable bonds is 3. The van der Waals surface area contributed by atoms with Gasteiger partial charge in [0.25, 0.3) is 0 Å². The maximum Gasteiger partial charge on any atom is 0.0786 e. The van der Waals surface area contributed by atoms with Gasteiger partial charge in [0, 0.05) is 5.69 Å². The standard InChI is InChI=1S/C15H26N2O/c1-5-11-9-12(6-2)17(16-11)13-10-15(3,4)8-7-14(13)18/h9,13-14,18H,5-8,10H2,1-4H3. The van der Waals surface area contributed by atoms with Crippen molar-refractivity contribution in [1.29, 1.82) is 0 Å². The van der Waals surface area contributed by atoms with Crippen LogP contribution in [0.4, 0.5) is 0 Å². The number of aryl methyl sites for hydroxylation is 2. The molecule has 0 bridgehead atoms. The molecule has 0 saturated heterocycles. The molecule has 1 N–H and O–H groups in total. The smallest absolute Gasteiger partial charge is 0.0786 e. The van der Waals surface area contributed by atoms with Crippen LogP contribution in [-0.2, 0) is 12.8 Å². The molecule has 0 aromatic carbocycles. The molecule has 2 rings (SSSR count). The van der Waals surface area contributed by atoms with Gasteiger partial charge in [-0.3, -0.25) is 4.68 Å². The minimum Gasteiger partial charge on any atom is -0.391 e. The lowest BCUT2D eigenvalue weighted by Crippen LogP contribution is -2.36. The van der Waals surface area contributed by atoms with E-state index < -0.39 is 0 Å². The first-order valence-corrected chi connectivity index (χ1v) is 7.22. The Morgan fingerprint density at radius 2 is 2.11 bits per heavy atom. The van der Waals surface area contributed by atoms with Crippen molar-refractivity contribution in [1.82, 2.24) is 9.78 Å². The molecule has 1 aromatic heterocycles. The third-order valence-corrected chi connectivity index (χ3v) is 4.23. The van der Waals surface area contributed by atoms with Crippen molar-refractivity contribution in [3.05, 3.63) is 17.5 Å². The molecule has 1 fully saturated rings. The van der Waals surface area contributed by atoms with Crippen molar-refractivity contribution in [2.24, 2.45) is 5.41 Å². The highest BCUT2D eigenvalue weighted by Crippen LogP contribution is 2.41. The van der Waals surface area contributed by atoms with Crippen LogP contribution in [0.25, 0.3) is 0 Å². The maximum atomic E-state index is 10.3.